The van der Waals surface area contributed by atoms with Gasteiger partial charge in [-0.05, 0) is 11.1 Å². The molecule has 1 aliphatic heterocycles. The number of carbonyl (C=O) groups excluding carboxylic acids is 1. The normalized spacial score (nSPS) is 13.9. The first kappa shape index (κ1) is 25.1. The maximum Gasteiger partial charge on any atom is 0.353 e. The van der Waals surface area contributed by atoms with Crippen molar-refractivity contribution in [1.29, 1.82) is 0 Å². The predicted molar refractivity (Wildman–Crippen MR) is 137 cm³/mol. The van der Waals surface area contributed by atoms with E-state index in [2.05, 4.69) is 27.0 Å². The molecule has 4 rings (SSSR count). The fraction of sp³-hybridized carbons (Fsp3) is 0.346. The molecule has 1 aromatic heterocycles. The molecule has 0 spiro atoms. The Hall–Kier alpha value is -4.05. The van der Waals surface area contributed by atoms with Gasteiger partial charge in [0, 0.05) is 45.8 Å². The van der Waals surface area contributed by atoms with E-state index in [0.29, 0.717) is 25.5 Å². The first-order valence-corrected chi connectivity index (χ1v) is 11.9. The third kappa shape index (κ3) is 6.33. The molecule has 0 atom stereocenters. The predicted octanol–water partition coefficient (Wildman–Crippen LogP) is 3.28. The zero-order valence-corrected chi connectivity index (χ0v) is 20.3. The standard InChI is InChI=1S/C26H30N6O4/c1-36-23(33)12-13-31(19-22-10-6-3-7-11-22)26-24(32(34)35)25(27-20-28-26)30-16-14-29(15-17-30)18-21-8-4-2-5-9-21/h2-11,20H,12-19H2,1H3. The van der Waals surface area contributed by atoms with Crippen LogP contribution in [-0.2, 0) is 22.6 Å². The summed E-state index contributed by atoms with van der Waals surface area (Å²) in [6.45, 7) is 4.19. The first-order valence-electron chi connectivity index (χ1n) is 11.9. The Morgan fingerprint density at radius 1 is 1.00 bits per heavy atom. The van der Waals surface area contributed by atoms with E-state index in [1.54, 1.807) is 4.90 Å². The topological polar surface area (TPSA) is 105 Å². The molecule has 2 heterocycles. The Labute approximate surface area is 210 Å². The van der Waals surface area contributed by atoms with Crippen LogP contribution in [0.3, 0.4) is 0 Å². The number of methoxy groups -OCH3 is 1. The van der Waals surface area contributed by atoms with Gasteiger partial charge in [-0.3, -0.25) is 19.8 Å². The molecule has 0 N–H and O–H groups in total. The van der Waals surface area contributed by atoms with Crippen LogP contribution in [0.15, 0.2) is 67.0 Å². The molecule has 1 saturated heterocycles. The number of esters is 1. The highest BCUT2D eigenvalue weighted by Gasteiger charge is 2.32. The summed E-state index contributed by atoms with van der Waals surface area (Å²) < 4.78 is 4.79. The van der Waals surface area contributed by atoms with E-state index in [9.17, 15) is 14.9 Å². The number of benzene rings is 2. The van der Waals surface area contributed by atoms with E-state index >= 15 is 0 Å². The molecule has 10 heteroatoms. The fourth-order valence-electron chi connectivity index (χ4n) is 4.34. The molecular formula is C26H30N6O4. The van der Waals surface area contributed by atoms with Gasteiger partial charge in [-0.25, -0.2) is 9.97 Å². The minimum Gasteiger partial charge on any atom is -0.469 e. The van der Waals surface area contributed by atoms with Crippen molar-refractivity contribution in [2.45, 2.75) is 19.5 Å². The molecule has 0 unspecified atom stereocenters. The van der Waals surface area contributed by atoms with Crippen LogP contribution in [0.2, 0.25) is 0 Å². The average molecular weight is 491 g/mol. The molecule has 0 aliphatic carbocycles. The molecule has 36 heavy (non-hydrogen) atoms. The van der Waals surface area contributed by atoms with Crippen molar-refractivity contribution in [2.24, 2.45) is 0 Å². The number of piperazine rings is 1. The number of aromatic nitrogens is 2. The van der Waals surface area contributed by atoms with Crippen LogP contribution in [-0.4, -0.2) is 65.6 Å². The number of nitro groups is 1. The molecule has 0 radical (unpaired) electrons. The third-order valence-corrected chi connectivity index (χ3v) is 6.22. The molecule has 1 fully saturated rings. The molecule has 3 aromatic rings. The lowest BCUT2D eigenvalue weighted by Crippen LogP contribution is -2.46. The Morgan fingerprint density at radius 3 is 2.25 bits per heavy atom. The van der Waals surface area contributed by atoms with Gasteiger partial charge in [-0.2, -0.15) is 0 Å². The number of rotatable bonds is 10. The molecule has 10 nitrogen and oxygen atoms in total. The van der Waals surface area contributed by atoms with Crippen molar-refractivity contribution in [3.8, 4) is 0 Å². The number of nitrogens with zero attached hydrogens (tertiary/aromatic N) is 6. The average Bonchev–Trinajstić information content (AvgIpc) is 2.92. The van der Waals surface area contributed by atoms with Gasteiger partial charge in [0.25, 0.3) is 0 Å². The van der Waals surface area contributed by atoms with Crippen LogP contribution in [0.1, 0.15) is 17.5 Å². The number of hydrogen-bond donors (Lipinski definition) is 0. The van der Waals surface area contributed by atoms with E-state index in [0.717, 1.165) is 25.2 Å². The quantitative estimate of drug-likeness (QED) is 0.240. The van der Waals surface area contributed by atoms with E-state index in [4.69, 9.17) is 4.74 Å². The van der Waals surface area contributed by atoms with Gasteiger partial charge < -0.3 is 14.5 Å². The van der Waals surface area contributed by atoms with E-state index in [1.165, 1.54) is 19.0 Å². The maximum absolute atomic E-state index is 12.3. The van der Waals surface area contributed by atoms with Crippen molar-refractivity contribution in [2.75, 3.05) is 49.6 Å². The van der Waals surface area contributed by atoms with Crippen LogP contribution in [0.25, 0.3) is 0 Å². The maximum atomic E-state index is 12.3. The molecule has 0 bridgehead atoms. The van der Waals surface area contributed by atoms with Gasteiger partial charge in [0.1, 0.15) is 6.33 Å². The molecule has 0 saturated carbocycles. The lowest BCUT2D eigenvalue weighted by atomic mass is 10.2. The van der Waals surface area contributed by atoms with Crippen LogP contribution >= 0.6 is 0 Å². The molecule has 1 aliphatic rings. The zero-order chi connectivity index (χ0) is 25.3. The number of hydrogen-bond acceptors (Lipinski definition) is 9. The Morgan fingerprint density at radius 2 is 1.64 bits per heavy atom. The van der Waals surface area contributed by atoms with Gasteiger partial charge in [-0.1, -0.05) is 60.7 Å². The minimum atomic E-state index is -0.419. The lowest BCUT2D eigenvalue weighted by Gasteiger charge is -2.35. The highest BCUT2D eigenvalue weighted by Crippen LogP contribution is 2.35. The first-order chi connectivity index (χ1) is 17.5. The molecular weight excluding hydrogens is 460 g/mol. The molecule has 188 valence electrons. The van der Waals surface area contributed by atoms with Crippen molar-refractivity contribution >= 4 is 23.3 Å². The van der Waals surface area contributed by atoms with E-state index in [1.807, 2.05) is 53.4 Å². The lowest BCUT2D eigenvalue weighted by molar-refractivity contribution is -0.383. The third-order valence-electron chi connectivity index (χ3n) is 6.22. The monoisotopic (exact) mass is 490 g/mol. The van der Waals surface area contributed by atoms with E-state index in [-0.39, 0.29) is 30.4 Å². The van der Waals surface area contributed by atoms with Crippen LogP contribution < -0.4 is 9.80 Å². The Bertz CT molecular complexity index is 1150. The van der Waals surface area contributed by atoms with Crippen LogP contribution in [0, 0.1) is 10.1 Å². The van der Waals surface area contributed by atoms with E-state index < -0.39 is 4.92 Å². The summed E-state index contributed by atoms with van der Waals surface area (Å²) in [5.74, 6) is 0.115. The zero-order valence-electron chi connectivity index (χ0n) is 20.3. The SMILES string of the molecule is COC(=O)CCN(Cc1ccccc1)c1ncnc(N2CCN(Cc3ccccc3)CC2)c1[N+](=O)[O-]. The van der Waals surface area contributed by atoms with Crippen molar-refractivity contribution in [3.63, 3.8) is 0 Å². The Kier molecular flexibility index (Phi) is 8.40. The van der Waals surface area contributed by atoms with Gasteiger partial charge >= 0.3 is 11.7 Å². The highest BCUT2D eigenvalue weighted by molar-refractivity contribution is 5.73. The van der Waals surface area contributed by atoms with Crippen LogP contribution in [0.5, 0.6) is 0 Å². The fourth-order valence-corrected chi connectivity index (χ4v) is 4.34. The molecule has 2 aromatic carbocycles. The van der Waals surface area contributed by atoms with Gasteiger partial charge in [0.2, 0.25) is 11.6 Å². The second-order valence-electron chi connectivity index (χ2n) is 8.61. The summed E-state index contributed by atoms with van der Waals surface area (Å²) in [7, 11) is 1.33. The van der Waals surface area contributed by atoms with Gasteiger partial charge in [-0.15, -0.1) is 0 Å². The van der Waals surface area contributed by atoms with Crippen molar-refractivity contribution < 1.29 is 14.5 Å². The van der Waals surface area contributed by atoms with Gasteiger partial charge in [0.05, 0.1) is 18.5 Å². The minimum absolute atomic E-state index is 0.0813. The number of anilines is 2. The van der Waals surface area contributed by atoms with Crippen molar-refractivity contribution in [3.05, 3.63) is 88.2 Å². The summed E-state index contributed by atoms with van der Waals surface area (Å²) in [5.41, 5.74) is 2.05. The second kappa shape index (κ2) is 12.1. The smallest absolute Gasteiger partial charge is 0.353 e. The summed E-state index contributed by atoms with van der Waals surface area (Å²) in [5, 5.41) is 12.3. The number of ether oxygens (including phenoxy) is 1. The summed E-state index contributed by atoms with van der Waals surface area (Å²) in [4.78, 5) is 38.4. The summed E-state index contributed by atoms with van der Waals surface area (Å²) in [6, 6.07) is 19.8. The van der Waals surface area contributed by atoms with Gasteiger partial charge in [0.15, 0.2) is 0 Å². The molecule has 0 amide bonds. The van der Waals surface area contributed by atoms with Crippen molar-refractivity contribution in [1.82, 2.24) is 14.9 Å². The second-order valence-corrected chi connectivity index (χ2v) is 8.61. The van der Waals surface area contributed by atoms with Crippen LogP contribution in [0.4, 0.5) is 17.3 Å². The highest BCUT2D eigenvalue weighted by atomic mass is 16.6. The number of carbonyl (C=O) groups is 1. The largest absolute Gasteiger partial charge is 0.469 e. The Balaban J connectivity index is 1.56. The summed E-state index contributed by atoms with van der Waals surface area (Å²) >= 11 is 0. The summed E-state index contributed by atoms with van der Waals surface area (Å²) in [6.07, 6.45) is 1.45.